The Morgan fingerprint density at radius 2 is 1.93 bits per heavy atom. The van der Waals surface area contributed by atoms with E-state index >= 15 is 0 Å². The molecule has 0 fully saturated rings. The number of aromatic nitrogens is 2. The lowest BCUT2D eigenvalue weighted by atomic mass is 10.1. The Balaban J connectivity index is 2.62. The topological polar surface area (TPSA) is 74.9 Å². The summed E-state index contributed by atoms with van der Waals surface area (Å²) in [5.74, 6) is 0.600. The highest BCUT2D eigenvalue weighted by molar-refractivity contribution is 6.07. The highest BCUT2D eigenvalue weighted by Crippen LogP contribution is 2.31. The third-order valence-electron chi connectivity index (χ3n) is 2.49. The Morgan fingerprint density at radius 3 is 2.73 bits per heavy atom. The number of hydrogen-bond donors (Lipinski definition) is 3. The molecule has 1 aromatic heterocycles. The van der Waals surface area contributed by atoms with Crippen LogP contribution < -0.4 is 5.73 Å². The smallest absolute Gasteiger partial charge is 0.198 e. The van der Waals surface area contributed by atoms with E-state index in [1.54, 1.807) is 6.07 Å². The van der Waals surface area contributed by atoms with E-state index in [2.05, 4.69) is 9.97 Å². The number of hydrogen-bond acceptors (Lipinski definition) is 3. The zero-order valence-electron chi connectivity index (χ0n) is 7.86. The fourth-order valence-electron chi connectivity index (χ4n) is 1.84. The van der Waals surface area contributed by atoms with Gasteiger partial charge in [0.15, 0.2) is 5.95 Å². The summed E-state index contributed by atoms with van der Waals surface area (Å²) in [4.78, 5) is 7.09. The van der Waals surface area contributed by atoms with Crippen LogP contribution in [0.3, 0.4) is 0 Å². The van der Waals surface area contributed by atoms with E-state index in [4.69, 9.17) is 5.73 Å². The standard InChI is InChI=1S/C11H9N3O/c12-11-13-8-5-9(15)6-3-1-2-4-7(6)10(8)14-11/h1-5,15H,(H3,12,13,14). The van der Waals surface area contributed by atoms with Gasteiger partial charge in [-0.3, -0.25) is 0 Å². The monoisotopic (exact) mass is 199 g/mol. The fraction of sp³-hybridized carbons (Fsp3) is 0. The predicted octanol–water partition coefficient (Wildman–Crippen LogP) is 2.00. The molecule has 0 spiro atoms. The number of nitrogen functional groups attached to an aromatic ring is 1. The Hall–Kier alpha value is -2.23. The number of nitrogens with zero attached hydrogens (tertiary/aromatic N) is 1. The lowest BCUT2D eigenvalue weighted by Gasteiger charge is -2.00. The van der Waals surface area contributed by atoms with Crippen molar-refractivity contribution < 1.29 is 5.11 Å². The van der Waals surface area contributed by atoms with E-state index in [0.717, 1.165) is 21.8 Å². The summed E-state index contributed by atoms with van der Waals surface area (Å²) in [5.41, 5.74) is 7.13. The average molecular weight is 199 g/mol. The zero-order valence-corrected chi connectivity index (χ0v) is 7.86. The Kier molecular flexibility index (Phi) is 1.42. The molecule has 1 heterocycles. The van der Waals surface area contributed by atoms with Gasteiger partial charge in [0.1, 0.15) is 5.75 Å². The van der Waals surface area contributed by atoms with Crippen LogP contribution in [0.2, 0.25) is 0 Å². The predicted molar refractivity (Wildman–Crippen MR) is 59.7 cm³/mol. The van der Waals surface area contributed by atoms with Crippen LogP contribution in [-0.2, 0) is 0 Å². The molecule has 0 bridgehead atoms. The van der Waals surface area contributed by atoms with Crippen LogP contribution in [0.15, 0.2) is 30.3 Å². The molecule has 15 heavy (non-hydrogen) atoms. The molecule has 74 valence electrons. The summed E-state index contributed by atoms with van der Waals surface area (Å²) in [6.07, 6.45) is 0. The number of fused-ring (bicyclic) bond motifs is 3. The Labute approximate surface area is 85.4 Å². The molecule has 2 aromatic carbocycles. The number of anilines is 1. The maximum Gasteiger partial charge on any atom is 0.198 e. The summed E-state index contributed by atoms with van der Waals surface area (Å²) in [7, 11) is 0. The molecule has 4 heteroatoms. The van der Waals surface area contributed by atoms with Gasteiger partial charge in [-0.25, -0.2) is 4.98 Å². The molecule has 3 aromatic rings. The van der Waals surface area contributed by atoms with Crippen molar-refractivity contribution in [1.82, 2.24) is 9.97 Å². The normalized spacial score (nSPS) is 11.2. The highest BCUT2D eigenvalue weighted by Gasteiger charge is 2.08. The molecular weight excluding hydrogens is 190 g/mol. The number of aromatic amines is 1. The van der Waals surface area contributed by atoms with Crippen molar-refractivity contribution in [2.75, 3.05) is 5.73 Å². The second-order valence-electron chi connectivity index (χ2n) is 3.46. The molecule has 4 N–H and O–H groups in total. The molecule has 0 aliphatic rings. The third-order valence-corrected chi connectivity index (χ3v) is 2.49. The molecule has 0 aliphatic heterocycles. The van der Waals surface area contributed by atoms with Gasteiger partial charge in [0.05, 0.1) is 11.0 Å². The van der Waals surface area contributed by atoms with Crippen LogP contribution in [0.5, 0.6) is 5.75 Å². The Bertz CT molecular complexity index is 657. The highest BCUT2D eigenvalue weighted by atomic mass is 16.3. The van der Waals surface area contributed by atoms with E-state index in [0.29, 0.717) is 5.95 Å². The number of H-pyrrole nitrogens is 1. The van der Waals surface area contributed by atoms with Crippen LogP contribution in [0.25, 0.3) is 21.8 Å². The van der Waals surface area contributed by atoms with Gasteiger partial charge >= 0.3 is 0 Å². The van der Waals surface area contributed by atoms with Crippen LogP contribution >= 0.6 is 0 Å². The van der Waals surface area contributed by atoms with Gasteiger partial charge < -0.3 is 15.8 Å². The number of nitrogens with one attached hydrogen (secondary N) is 1. The van der Waals surface area contributed by atoms with Crippen molar-refractivity contribution in [1.29, 1.82) is 0 Å². The van der Waals surface area contributed by atoms with Gasteiger partial charge in [0.25, 0.3) is 0 Å². The van der Waals surface area contributed by atoms with Gasteiger partial charge in [0, 0.05) is 16.8 Å². The van der Waals surface area contributed by atoms with Crippen LogP contribution in [0.4, 0.5) is 5.95 Å². The first-order valence-corrected chi connectivity index (χ1v) is 4.61. The van der Waals surface area contributed by atoms with Crippen molar-refractivity contribution >= 4 is 27.8 Å². The minimum atomic E-state index is 0.238. The Morgan fingerprint density at radius 1 is 1.20 bits per heavy atom. The van der Waals surface area contributed by atoms with E-state index in [1.807, 2.05) is 24.3 Å². The van der Waals surface area contributed by atoms with Crippen molar-refractivity contribution in [3.05, 3.63) is 30.3 Å². The van der Waals surface area contributed by atoms with Crippen molar-refractivity contribution in [3.63, 3.8) is 0 Å². The molecule has 0 atom stereocenters. The minimum absolute atomic E-state index is 0.238. The van der Waals surface area contributed by atoms with E-state index in [-0.39, 0.29) is 5.75 Å². The van der Waals surface area contributed by atoms with Crippen molar-refractivity contribution in [2.24, 2.45) is 0 Å². The van der Waals surface area contributed by atoms with Crippen molar-refractivity contribution in [3.8, 4) is 5.75 Å². The number of benzene rings is 2. The second kappa shape index (κ2) is 2.63. The van der Waals surface area contributed by atoms with Crippen LogP contribution in [0, 0.1) is 0 Å². The summed E-state index contributed by atoms with van der Waals surface area (Å²) in [6, 6.07) is 9.20. The first-order valence-electron chi connectivity index (χ1n) is 4.61. The third kappa shape index (κ3) is 1.05. The maximum atomic E-state index is 9.79. The number of phenolic OH excluding ortho intramolecular Hbond substituents is 1. The van der Waals surface area contributed by atoms with E-state index < -0.39 is 0 Å². The van der Waals surface area contributed by atoms with E-state index in [1.165, 1.54) is 0 Å². The van der Waals surface area contributed by atoms with Gasteiger partial charge in [-0.15, -0.1) is 0 Å². The summed E-state index contributed by atoms with van der Waals surface area (Å²) >= 11 is 0. The second-order valence-corrected chi connectivity index (χ2v) is 3.46. The SMILES string of the molecule is Nc1nc2c(cc(O)c3ccccc32)[nH]1. The summed E-state index contributed by atoms with van der Waals surface area (Å²) < 4.78 is 0. The molecule has 0 unspecified atom stereocenters. The molecule has 0 aliphatic carbocycles. The molecule has 0 amide bonds. The molecular formula is C11H9N3O. The molecule has 0 saturated carbocycles. The quantitative estimate of drug-likeness (QED) is 0.518. The number of nitrogens with two attached hydrogens (primary N) is 1. The average Bonchev–Trinajstić information content (AvgIpc) is 2.59. The van der Waals surface area contributed by atoms with E-state index in [9.17, 15) is 5.11 Å². The van der Waals surface area contributed by atoms with Gasteiger partial charge in [0.2, 0.25) is 0 Å². The van der Waals surface area contributed by atoms with Gasteiger partial charge in [-0.1, -0.05) is 24.3 Å². The molecule has 3 rings (SSSR count). The van der Waals surface area contributed by atoms with Gasteiger partial charge in [-0.05, 0) is 0 Å². The number of rotatable bonds is 0. The van der Waals surface area contributed by atoms with Crippen LogP contribution in [0.1, 0.15) is 0 Å². The molecule has 0 saturated heterocycles. The summed E-state index contributed by atoms with van der Waals surface area (Å²) in [5, 5.41) is 11.5. The van der Waals surface area contributed by atoms with Crippen LogP contribution in [-0.4, -0.2) is 15.1 Å². The first kappa shape index (κ1) is 8.11. The minimum Gasteiger partial charge on any atom is -0.507 e. The number of imidazole rings is 1. The fourth-order valence-corrected chi connectivity index (χ4v) is 1.84. The van der Waals surface area contributed by atoms with Crippen molar-refractivity contribution in [2.45, 2.75) is 0 Å². The number of phenols is 1. The maximum absolute atomic E-state index is 9.79. The lowest BCUT2D eigenvalue weighted by Crippen LogP contribution is -1.84. The molecule has 0 radical (unpaired) electrons. The first-order chi connectivity index (χ1) is 7.25. The summed E-state index contributed by atoms with van der Waals surface area (Å²) in [6.45, 7) is 0. The van der Waals surface area contributed by atoms with Gasteiger partial charge in [-0.2, -0.15) is 0 Å². The number of aromatic hydroxyl groups is 1. The lowest BCUT2D eigenvalue weighted by molar-refractivity contribution is 0.482. The molecule has 4 nitrogen and oxygen atoms in total. The zero-order chi connectivity index (χ0) is 10.4. The largest absolute Gasteiger partial charge is 0.507 e.